The molecule has 11 heteroatoms. The van der Waals surface area contributed by atoms with E-state index >= 15 is 0 Å². The second-order valence-corrected chi connectivity index (χ2v) is 8.79. The Balaban J connectivity index is 1.16. The molecule has 2 aromatic heterocycles. The monoisotopic (exact) mass is 524 g/mol. The summed E-state index contributed by atoms with van der Waals surface area (Å²) in [5, 5.41) is 6.60. The average Bonchev–Trinajstić information content (AvgIpc) is 2.92. The number of ether oxygens (including phenoxy) is 2. The summed E-state index contributed by atoms with van der Waals surface area (Å²) in [5.41, 5.74) is 0.436. The predicted molar refractivity (Wildman–Crippen MR) is 139 cm³/mol. The van der Waals surface area contributed by atoms with Crippen molar-refractivity contribution in [2.24, 2.45) is 0 Å². The maximum absolute atomic E-state index is 13.3. The molecular weight excluding hydrogens is 497 g/mol. The van der Waals surface area contributed by atoms with E-state index in [1.165, 1.54) is 12.3 Å². The molecule has 0 atom stereocenters. The lowest BCUT2D eigenvalue weighted by Crippen LogP contribution is -2.37. The number of rotatable bonds is 9. The Morgan fingerprint density at radius 3 is 2.55 bits per heavy atom. The third-order valence-electron chi connectivity index (χ3n) is 6.05. The molecule has 5 rings (SSSR count). The summed E-state index contributed by atoms with van der Waals surface area (Å²) in [6.45, 7) is 5.18. The molecule has 198 valence electrons. The van der Waals surface area contributed by atoms with E-state index in [2.05, 4.69) is 30.5 Å². The molecule has 0 bridgehead atoms. The van der Waals surface area contributed by atoms with Crippen molar-refractivity contribution in [2.75, 3.05) is 50.1 Å². The highest BCUT2D eigenvalue weighted by Crippen LogP contribution is 2.34. The smallest absolute Gasteiger partial charge is 0.418 e. The van der Waals surface area contributed by atoms with Gasteiger partial charge in [0, 0.05) is 36.9 Å². The second kappa shape index (κ2) is 11.6. The lowest BCUT2D eigenvalue weighted by Gasteiger charge is -2.26. The van der Waals surface area contributed by atoms with Gasteiger partial charge in [0.25, 0.3) is 0 Å². The summed E-state index contributed by atoms with van der Waals surface area (Å²) in [5.74, 6) is 1.62. The Kier molecular flexibility index (Phi) is 7.85. The van der Waals surface area contributed by atoms with Crippen LogP contribution in [-0.4, -0.2) is 59.3 Å². The number of nitrogens with zero attached hydrogens (tertiary/aromatic N) is 4. The molecule has 0 saturated carbocycles. The molecule has 2 aromatic carbocycles. The van der Waals surface area contributed by atoms with E-state index in [1.807, 2.05) is 24.3 Å². The molecule has 1 aliphatic rings. The number of anilines is 4. The van der Waals surface area contributed by atoms with Gasteiger partial charge >= 0.3 is 6.18 Å². The van der Waals surface area contributed by atoms with Gasteiger partial charge in [-0.15, -0.1) is 0 Å². The van der Waals surface area contributed by atoms with Crippen molar-refractivity contribution in [3.05, 3.63) is 72.6 Å². The minimum Gasteiger partial charge on any atom is -0.494 e. The van der Waals surface area contributed by atoms with E-state index in [4.69, 9.17) is 9.47 Å². The highest BCUT2D eigenvalue weighted by atomic mass is 19.4. The molecule has 0 unspecified atom stereocenters. The second-order valence-electron chi connectivity index (χ2n) is 8.79. The Labute approximate surface area is 217 Å². The number of hydrogen-bond acceptors (Lipinski definition) is 8. The topological polar surface area (TPSA) is 84.4 Å². The number of pyridine rings is 1. The van der Waals surface area contributed by atoms with Gasteiger partial charge in [-0.2, -0.15) is 18.2 Å². The van der Waals surface area contributed by atoms with Gasteiger partial charge in [-0.3, -0.25) is 9.88 Å². The van der Waals surface area contributed by atoms with Gasteiger partial charge in [0.15, 0.2) is 0 Å². The first-order valence-electron chi connectivity index (χ1n) is 12.3. The zero-order chi connectivity index (χ0) is 26.4. The number of morpholine rings is 1. The van der Waals surface area contributed by atoms with Crippen LogP contribution in [0.1, 0.15) is 12.0 Å². The first kappa shape index (κ1) is 25.7. The van der Waals surface area contributed by atoms with Crippen LogP contribution in [0.5, 0.6) is 5.75 Å². The SMILES string of the molecule is FC(F)(F)c1cccc2cc(Nc3ccnc(Nc4ccc(OCCCN5CCOCC5)cc4)n3)cnc12. The summed E-state index contributed by atoms with van der Waals surface area (Å²) in [7, 11) is 0. The van der Waals surface area contributed by atoms with Crippen LogP contribution >= 0.6 is 0 Å². The lowest BCUT2D eigenvalue weighted by molar-refractivity contribution is -0.136. The first-order valence-corrected chi connectivity index (χ1v) is 12.3. The zero-order valence-corrected chi connectivity index (χ0v) is 20.5. The molecule has 0 spiro atoms. The van der Waals surface area contributed by atoms with Gasteiger partial charge in [0.2, 0.25) is 5.95 Å². The Hall–Kier alpha value is -3.96. The number of benzene rings is 2. The molecule has 0 amide bonds. The molecule has 1 aliphatic heterocycles. The zero-order valence-electron chi connectivity index (χ0n) is 20.5. The van der Waals surface area contributed by atoms with Crippen LogP contribution < -0.4 is 15.4 Å². The van der Waals surface area contributed by atoms with Crippen molar-refractivity contribution < 1.29 is 22.6 Å². The van der Waals surface area contributed by atoms with Gasteiger partial charge in [-0.05, 0) is 48.9 Å². The summed E-state index contributed by atoms with van der Waals surface area (Å²) < 4.78 is 51.0. The van der Waals surface area contributed by atoms with Crippen LogP contribution in [0.4, 0.5) is 36.3 Å². The number of hydrogen-bond donors (Lipinski definition) is 2. The van der Waals surface area contributed by atoms with Crippen LogP contribution in [0.3, 0.4) is 0 Å². The van der Waals surface area contributed by atoms with E-state index in [1.54, 1.807) is 24.4 Å². The summed E-state index contributed by atoms with van der Waals surface area (Å²) in [4.78, 5) is 15.1. The summed E-state index contributed by atoms with van der Waals surface area (Å²) in [6, 6.07) is 14.8. The Bertz CT molecular complexity index is 1360. The van der Waals surface area contributed by atoms with Crippen molar-refractivity contribution in [1.29, 1.82) is 0 Å². The molecule has 1 fully saturated rings. The van der Waals surface area contributed by atoms with Gasteiger partial charge in [-0.25, -0.2) is 4.98 Å². The number of aromatic nitrogens is 3. The molecule has 8 nitrogen and oxygen atoms in total. The average molecular weight is 525 g/mol. The fourth-order valence-electron chi connectivity index (χ4n) is 4.16. The van der Waals surface area contributed by atoms with Gasteiger partial charge in [0.05, 0.1) is 42.8 Å². The highest BCUT2D eigenvalue weighted by molar-refractivity contribution is 5.85. The quantitative estimate of drug-likeness (QED) is 0.273. The third-order valence-corrected chi connectivity index (χ3v) is 6.05. The van der Waals surface area contributed by atoms with Gasteiger partial charge in [0.1, 0.15) is 11.6 Å². The predicted octanol–water partition coefficient (Wildman–Crippen LogP) is 5.63. The fraction of sp³-hybridized carbons (Fsp3) is 0.296. The highest BCUT2D eigenvalue weighted by Gasteiger charge is 2.33. The van der Waals surface area contributed by atoms with Crippen molar-refractivity contribution >= 4 is 34.0 Å². The molecule has 1 saturated heterocycles. The maximum atomic E-state index is 13.3. The standard InChI is InChI=1S/C27H27F3N6O2/c28-27(29,30)23-4-1-3-19-17-21(18-32-25(19)23)33-24-9-10-31-26(35-24)34-20-5-7-22(8-6-20)38-14-2-11-36-12-15-37-16-13-36/h1,3-10,17-18H,2,11-16H2,(H2,31,33,34,35). The molecule has 2 N–H and O–H groups in total. The van der Waals surface area contributed by atoms with E-state index < -0.39 is 11.7 Å². The summed E-state index contributed by atoms with van der Waals surface area (Å²) >= 11 is 0. The molecule has 4 aromatic rings. The van der Waals surface area contributed by atoms with Crippen LogP contribution in [-0.2, 0) is 10.9 Å². The van der Waals surface area contributed by atoms with Crippen LogP contribution in [0.15, 0.2) is 67.0 Å². The van der Waals surface area contributed by atoms with Crippen molar-refractivity contribution in [3.63, 3.8) is 0 Å². The lowest BCUT2D eigenvalue weighted by atomic mass is 10.1. The molecule has 0 radical (unpaired) electrons. The van der Waals surface area contributed by atoms with Crippen LogP contribution in [0.25, 0.3) is 10.9 Å². The van der Waals surface area contributed by atoms with E-state index in [0.717, 1.165) is 56.8 Å². The van der Waals surface area contributed by atoms with Gasteiger partial charge in [-0.1, -0.05) is 12.1 Å². The Morgan fingerprint density at radius 2 is 1.76 bits per heavy atom. The molecule has 38 heavy (non-hydrogen) atoms. The molecule has 3 heterocycles. The van der Waals surface area contributed by atoms with Crippen LogP contribution in [0, 0.1) is 0 Å². The summed E-state index contributed by atoms with van der Waals surface area (Å²) in [6.07, 6.45) is -0.585. The Morgan fingerprint density at radius 1 is 0.947 bits per heavy atom. The third kappa shape index (κ3) is 6.67. The van der Waals surface area contributed by atoms with Gasteiger partial charge < -0.3 is 20.1 Å². The minimum absolute atomic E-state index is 0.0971. The number of alkyl halides is 3. The maximum Gasteiger partial charge on any atom is 0.418 e. The molecular formula is C27H27F3N6O2. The van der Waals surface area contributed by atoms with Crippen molar-refractivity contribution in [1.82, 2.24) is 19.9 Å². The van der Waals surface area contributed by atoms with E-state index in [9.17, 15) is 13.2 Å². The first-order chi connectivity index (χ1) is 18.4. The number of halogens is 3. The fourth-order valence-corrected chi connectivity index (χ4v) is 4.16. The van der Waals surface area contributed by atoms with E-state index in [0.29, 0.717) is 29.4 Å². The van der Waals surface area contributed by atoms with Crippen molar-refractivity contribution in [2.45, 2.75) is 12.6 Å². The molecule has 0 aliphatic carbocycles. The van der Waals surface area contributed by atoms with Crippen LogP contribution in [0.2, 0.25) is 0 Å². The van der Waals surface area contributed by atoms with E-state index in [-0.39, 0.29) is 5.52 Å². The minimum atomic E-state index is -4.47. The number of nitrogens with one attached hydrogen (secondary N) is 2. The normalized spacial score (nSPS) is 14.4. The number of para-hydroxylation sites is 1. The largest absolute Gasteiger partial charge is 0.494 e. The van der Waals surface area contributed by atoms with Crippen molar-refractivity contribution in [3.8, 4) is 5.75 Å². The number of fused-ring (bicyclic) bond motifs is 1.